The topological polar surface area (TPSA) is 81.3 Å². The molecule has 0 unspecified atom stereocenters. The number of carbonyl (C=O) groups is 1. The number of benzene rings is 3. The summed E-state index contributed by atoms with van der Waals surface area (Å²) in [6, 6.07) is 21.4. The number of hydrogen-bond acceptors (Lipinski definition) is 4. The molecule has 8 heteroatoms. The molecule has 1 amide bonds. The second kappa shape index (κ2) is 9.50. The normalized spacial score (nSPS) is 11.3. The van der Waals surface area contributed by atoms with Crippen molar-refractivity contribution in [2.24, 2.45) is 0 Å². The number of nitrogens with one attached hydrogen (secondary N) is 1. The fourth-order valence-corrected chi connectivity index (χ4v) is 4.11. The number of halogens is 1. The van der Waals surface area contributed by atoms with Crippen LogP contribution in [-0.4, -0.2) is 25.1 Å². The van der Waals surface area contributed by atoms with Crippen LogP contribution in [-0.2, 0) is 24.3 Å². The molecule has 35 heavy (non-hydrogen) atoms. The second-order valence-corrected chi connectivity index (χ2v) is 8.55. The smallest absolute Gasteiger partial charge is 0.263 e. The maximum absolute atomic E-state index is 13.3. The van der Waals surface area contributed by atoms with E-state index in [2.05, 4.69) is 15.5 Å². The van der Waals surface area contributed by atoms with Gasteiger partial charge in [-0.2, -0.15) is 0 Å². The van der Waals surface area contributed by atoms with Crippen LogP contribution in [0.1, 0.15) is 28.9 Å². The highest BCUT2D eigenvalue weighted by molar-refractivity contribution is 5.80. The second-order valence-electron chi connectivity index (χ2n) is 8.55. The summed E-state index contributed by atoms with van der Waals surface area (Å²) in [7, 11) is 0. The molecule has 7 nitrogen and oxygen atoms in total. The quantitative estimate of drug-likeness (QED) is 0.393. The zero-order chi connectivity index (χ0) is 24.4. The van der Waals surface area contributed by atoms with Crippen molar-refractivity contribution in [1.82, 2.24) is 24.5 Å². The molecule has 2 heterocycles. The van der Waals surface area contributed by atoms with Gasteiger partial charge >= 0.3 is 0 Å². The molecule has 0 saturated heterocycles. The zero-order valence-electron chi connectivity index (χ0n) is 19.2. The molecule has 0 radical (unpaired) electrons. The molecule has 2 aromatic heterocycles. The predicted octanol–water partition coefficient (Wildman–Crippen LogP) is 3.79. The number of aryl methyl sites for hydroxylation is 2. The Bertz CT molecular complexity index is 1570. The summed E-state index contributed by atoms with van der Waals surface area (Å²) in [5.74, 6) is 0.581. The van der Waals surface area contributed by atoms with Crippen LogP contribution in [0.3, 0.4) is 0 Å². The molecule has 0 atom stereocenters. The molecule has 0 aliphatic rings. The SMILES string of the molecule is Cc1ccc(Cn2c(=O)c3ccccc3n3c(CCC(=O)NCc4ccc(F)cc4)nnc23)cc1. The van der Waals surface area contributed by atoms with E-state index in [0.717, 1.165) is 16.7 Å². The fourth-order valence-electron chi connectivity index (χ4n) is 4.11. The van der Waals surface area contributed by atoms with E-state index in [9.17, 15) is 14.0 Å². The standard InChI is InChI=1S/C27H24FN5O2/c1-18-6-8-20(9-7-18)17-32-26(35)22-4-2-3-5-23(22)33-24(30-31-27(32)33)14-15-25(34)29-16-19-10-12-21(28)13-11-19/h2-13H,14-17H2,1H3,(H,29,34). The molecular formula is C27H24FN5O2. The highest BCUT2D eigenvalue weighted by Gasteiger charge is 2.17. The fraction of sp³-hybridized carbons (Fsp3) is 0.185. The number of para-hydroxylation sites is 1. The van der Waals surface area contributed by atoms with Crippen molar-refractivity contribution in [1.29, 1.82) is 0 Å². The first kappa shape index (κ1) is 22.5. The van der Waals surface area contributed by atoms with Gasteiger partial charge < -0.3 is 5.32 Å². The van der Waals surface area contributed by atoms with Crippen molar-refractivity contribution in [3.05, 3.63) is 111 Å². The third-order valence-corrected chi connectivity index (χ3v) is 6.01. The summed E-state index contributed by atoms with van der Waals surface area (Å²) >= 11 is 0. The van der Waals surface area contributed by atoms with Gasteiger partial charge in [0.1, 0.15) is 11.6 Å². The van der Waals surface area contributed by atoms with E-state index in [4.69, 9.17) is 0 Å². The summed E-state index contributed by atoms with van der Waals surface area (Å²) in [4.78, 5) is 25.8. The molecule has 0 spiro atoms. The summed E-state index contributed by atoms with van der Waals surface area (Å²) < 4.78 is 16.6. The molecule has 176 valence electrons. The summed E-state index contributed by atoms with van der Waals surface area (Å²) in [5.41, 5.74) is 3.52. The molecule has 0 fully saturated rings. The number of aromatic nitrogens is 4. The van der Waals surface area contributed by atoms with Gasteiger partial charge in [0.25, 0.3) is 5.56 Å². The van der Waals surface area contributed by atoms with Gasteiger partial charge in [0.2, 0.25) is 11.7 Å². The van der Waals surface area contributed by atoms with Gasteiger partial charge in [-0.25, -0.2) is 4.39 Å². The van der Waals surface area contributed by atoms with Crippen LogP contribution in [0, 0.1) is 12.7 Å². The third-order valence-electron chi connectivity index (χ3n) is 6.01. The molecule has 0 aliphatic heterocycles. The number of amides is 1. The van der Waals surface area contributed by atoms with Crippen molar-refractivity contribution >= 4 is 22.6 Å². The van der Waals surface area contributed by atoms with Crippen LogP contribution in [0.4, 0.5) is 4.39 Å². The lowest BCUT2D eigenvalue weighted by molar-refractivity contribution is -0.121. The molecule has 5 aromatic rings. The van der Waals surface area contributed by atoms with Crippen LogP contribution in [0.5, 0.6) is 0 Å². The molecule has 1 N–H and O–H groups in total. The van der Waals surface area contributed by atoms with Gasteiger partial charge in [-0.3, -0.25) is 18.6 Å². The van der Waals surface area contributed by atoms with Gasteiger partial charge in [0.05, 0.1) is 17.4 Å². The highest BCUT2D eigenvalue weighted by Crippen LogP contribution is 2.17. The van der Waals surface area contributed by atoms with E-state index in [1.807, 2.05) is 53.8 Å². The highest BCUT2D eigenvalue weighted by atomic mass is 19.1. The Hall–Kier alpha value is -4.33. The number of hydrogen-bond donors (Lipinski definition) is 1. The van der Waals surface area contributed by atoms with Crippen LogP contribution in [0.25, 0.3) is 16.7 Å². The summed E-state index contributed by atoms with van der Waals surface area (Å²) in [6.07, 6.45) is 0.552. The minimum atomic E-state index is -0.313. The van der Waals surface area contributed by atoms with E-state index in [-0.39, 0.29) is 23.7 Å². The average molecular weight is 470 g/mol. The lowest BCUT2D eigenvalue weighted by Gasteiger charge is -2.12. The largest absolute Gasteiger partial charge is 0.352 e. The Morgan fingerprint density at radius 3 is 2.43 bits per heavy atom. The third kappa shape index (κ3) is 4.68. The number of carbonyl (C=O) groups excluding carboxylic acids is 1. The van der Waals surface area contributed by atoms with Crippen LogP contribution >= 0.6 is 0 Å². The number of nitrogens with zero attached hydrogens (tertiary/aromatic N) is 4. The molecule has 0 aliphatic carbocycles. The minimum absolute atomic E-state index is 0.135. The predicted molar refractivity (Wildman–Crippen MR) is 132 cm³/mol. The van der Waals surface area contributed by atoms with Crippen LogP contribution in [0.15, 0.2) is 77.6 Å². The van der Waals surface area contributed by atoms with Crippen molar-refractivity contribution in [3.63, 3.8) is 0 Å². The van der Waals surface area contributed by atoms with Gasteiger partial charge in [-0.15, -0.1) is 10.2 Å². The maximum atomic E-state index is 13.3. The van der Waals surface area contributed by atoms with E-state index >= 15 is 0 Å². The molecular weight excluding hydrogens is 445 g/mol. The van der Waals surface area contributed by atoms with Gasteiger partial charge in [-0.05, 0) is 42.3 Å². The Balaban J connectivity index is 1.42. The van der Waals surface area contributed by atoms with E-state index in [1.54, 1.807) is 22.8 Å². The van der Waals surface area contributed by atoms with Crippen molar-refractivity contribution < 1.29 is 9.18 Å². The molecule has 0 bridgehead atoms. The number of rotatable bonds is 7. The lowest BCUT2D eigenvalue weighted by atomic mass is 10.1. The molecule has 3 aromatic carbocycles. The summed E-state index contributed by atoms with van der Waals surface area (Å²) in [5, 5.41) is 12.1. The monoisotopic (exact) mass is 469 g/mol. The van der Waals surface area contributed by atoms with Crippen LogP contribution in [0.2, 0.25) is 0 Å². The first-order valence-corrected chi connectivity index (χ1v) is 11.4. The maximum Gasteiger partial charge on any atom is 0.263 e. The minimum Gasteiger partial charge on any atom is -0.352 e. The zero-order valence-corrected chi connectivity index (χ0v) is 19.2. The van der Waals surface area contributed by atoms with Gasteiger partial charge in [-0.1, -0.05) is 54.1 Å². The van der Waals surface area contributed by atoms with E-state index < -0.39 is 0 Å². The average Bonchev–Trinajstić information content (AvgIpc) is 3.30. The van der Waals surface area contributed by atoms with Gasteiger partial charge in [0, 0.05) is 19.4 Å². The Labute approximate surface area is 200 Å². The number of fused-ring (bicyclic) bond motifs is 3. The van der Waals surface area contributed by atoms with Crippen LogP contribution < -0.4 is 10.9 Å². The van der Waals surface area contributed by atoms with Crippen molar-refractivity contribution in [2.75, 3.05) is 0 Å². The first-order valence-electron chi connectivity index (χ1n) is 11.4. The van der Waals surface area contributed by atoms with Crippen molar-refractivity contribution in [2.45, 2.75) is 32.9 Å². The molecule has 0 saturated carbocycles. The Morgan fingerprint density at radius 1 is 0.943 bits per heavy atom. The Morgan fingerprint density at radius 2 is 1.66 bits per heavy atom. The lowest BCUT2D eigenvalue weighted by Crippen LogP contribution is -2.25. The van der Waals surface area contributed by atoms with E-state index in [1.165, 1.54) is 12.1 Å². The van der Waals surface area contributed by atoms with Crippen molar-refractivity contribution in [3.8, 4) is 0 Å². The van der Waals surface area contributed by atoms with E-state index in [0.29, 0.717) is 42.0 Å². The van der Waals surface area contributed by atoms with Gasteiger partial charge in [0.15, 0.2) is 0 Å². The summed E-state index contributed by atoms with van der Waals surface area (Å²) in [6.45, 7) is 2.70. The molecule has 5 rings (SSSR count). The first-order chi connectivity index (χ1) is 17.0. The Kier molecular flexibility index (Phi) is 6.10.